The van der Waals surface area contributed by atoms with Crippen molar-refractivity contribution >= 4 is 69.7 Å². The van der Waals surface area contributed by atoms with E-state index < -0.39 is 17.9 Å². The predicted octanol–water partition coefficient (Wildman–Crippen LogP) is 5.31. The predicted molar refractivity (Wildman–Crippen MR) is 143 cm³/mol. The molecule has 1 unspecified atom stereocenters. The average Bonchev–Trinajstić information content (AvgIpc) is 3.18. The minimum absolute atomic E-state index is 0.0619. The van der Waals surface area contributed by atoms with E-state index >= 15 is 0 Å². The fourth-order valence-electron chi connectivity index (χ4n) is 3.87. The largest absolute Gasteiger partial charge is 0.465 e. The third kappa shape index (κ3) is 5.51. The van der Waals surface area contributed by atoms with E-state index in [1.165, 1.54) is 31.4 Å². The van der Waals surface area contributed by atoms with Crippen molar-refractivity contribution in [1.29, 1.82) is 0 Å². The van der Waals surface area contributed by atoms with Crippen molar-refractivity contribution in [3.05, 3.63) is 94.0 Å². The second kappa shape index (κ2) is 11.1. The molecular weight excluding hydrogens is 521 g/mol. The van der Waals surface area contributed by atoms with Gasteiger partial charge in [0.2, 0.25) is 5.91 Å². The molecule has 4 rings (SSSR count). The van der Waals surface area contributed by atoms with E-state index in [9.17, 15) is 14.4 Å². The molecule has 3 aromatic carbocycles. The summed E-state index contributed by atoms with van der Waals surface area (Å²) >= 11 is 17.8. The lowest BCUT2D eigenvalue weighted by Gasteiger charge is -2.30. The summed E-state index contributed by atoms with van der Waals surface area (Å²) in [4.78, 5) is 41.1. The normalized spacial score (nSPS) is 15.1. The second-order valence-corrected chi connectivity index (χ2v) is 9.20. The van der Waals surface area contributed by atoms with Gasteiger partial charge in [-0.2, -0.15) is 0 Å². The number of benzene rings is 3. The number of rotatable bonds is 6. The number of ether oxygens (including phenoxy) is 1. The number of imide groups is 1. The summed E-state index contributed by atoms with van der Waals surface area (Å²) in [5.41, 5.74) is 2.19. The number of esters is 1. The van der Waals surface area contributed by atoms with Gasteiger partial charge in [0.1, 0.15) is 6.04 Å². The van der Waals surface area contributed by atoms with Crippen LogP contribution in [0.5, 0.6) is 0 Å². The van der Waals surface area contributed by atoms with Crippen LogP contribution < -0.4 is 10.2 Å². The Morgan fingerprint density at radius 3 is 2.39 bits per heavy atom. The van der Waals surface area contributed by atoms with Gasteiger partial charge in [-0.25, -0.2) is 9.69 Å². The highest BCUT2D eigenvalue weighted by molar-refractivity contribution is 7.80. The van der Waals surface area contributed by atoms with Crippen molar-refractivity contribution < 1.29 is 19.1 Å². The lowest BCUT2D eigenvalue weighted by atomic mass is 10.1. The Kier molecular flexibility index (Phi) is 7.88. The summed E-state index contributed by atoms with van der Waals surface area (Å²) < 4.78 is 4.71. The summed E-state index contributed by atoms with van der Waals surface area (Å²) in [6.07, 6.45) is -0.0619. The first-order valence-corrected chi connectivity index (χ1v) is 12.1. The lowest BCUT2D eigenvalue weighted by Crippen LogP contribution is -2.46. The number of methoxy groups -OCH3 is 1. The van der Waals surface area contributed by atoms with Gasteiger partial charge in [-0.05, 0) is 60.2 Å². The fraction of sp³-hybridized carbons (Fsp3) is 0.154. The zero-order chi connectivity index (χ0) is 25.8. The van der Waals surface area contributed by atoms with E-state index in [0.717, 1.165) is 10.5 Å². The molecular formula is C26H21Cl2N3O4S. The SMILES string of the molecule is COC(=O)c1ccc(N2C(=O)CC(N(Cc3ccccc3)C(=S)Nc3ccc(Cl)c(Cl)c3)C2=O)cc1. The first-order valence-electron chi connectivity index (χ1n) is 10.9. The van der Waals surface area contributed by atoms with E-state index in [1.807, 2.05) is 30.3 Å². The highest BCUT2D eigenvalue weighted by atomic mass is 35.5. The number of carbonyl (C=O) groups excluding carboxylic acids is 3. The number of nitrogens with one attached hydrogen (secondary N) is 1. The van der Waals surface area contributed by atoms with Crippen LogP contribution in [0, 0.1) is 0 Å². The summed E-state index contributed by atoms with van der Waals surface area (Å²) in [6, 6.07) is 19.8. The molecule has 1 aliphatic rings. The Bertz CT molecular complexity index is 1320. The summed E-state index contributed by atoms with van der Waals surface area (Å²) in [7, 11) is 1.28. The van der Waals surface area contributed by atoms with Crippen LogP contribution in [0.3, 0.4) is 0 Å². The van der Waals surface area contributed by atoms with Crippen LogP contribution in [-0.2, 0) is 20.9 Å². The smallest absolute Gasteiger partial charge is 0.337 e. The summed E-state index contributed by atoms with van der Waals surface area (Å²) in [6.45, 7) is 0.298. The van der Waals surface area contributed by atoms with Gasteiger partial charge in [-0.3, -0.25) is 9.59 Å². The zero-order valence-electron chi connectivity index (χ0n) is 19.1. The molecule has 0 aromatic heterocycles. The molecule has 1 fully saturated rings. The number of hydrogen-bond donors (Lipinski definition) is 1. The molecule has 1 aliphatic heterocycles. The molecule has 36 heavy (non-hydrogen) atoms. The van der Waals surface area contributed by atoms with Crippen LogP contribution >= 0.6 is 35.4 Å². The maximum Gasteiger partial charge on any atom is 0.337 e. The Balaban J connectivity index is 1.61. The Morgan fingerprint density at radius 2 is 1.75 bits per heavy atom. The highest BCUT2D eigenvalue weighted by Crippen LogP contribution is 2.29. The van der Waals surface area contributed by atoms with Crippen molar-refractivity contribution in [1.82, 2.24) is 4.90 Å². The van der Waals surface area contributed by atoms with E-state index in [2.05, 4.69) is 5.32 Å². The third-order valence-corrected chi connectivity index (χ3v) is 6.75. The van der Waals surface area contributed by atoms with Gasteiger partial charge in [0.15, 0.2) is 5.11 Å². The minimum Gasteiger partial charge on any atom is -0.465 e. The van der Waals surface area contributed by atoms with Crippen LogP contribution in [0.1, 0.15) is 22.3 Å². The van der Waals surface area contributed by atoms with Gasteiger partial charge >= 0.3 is 5.97 Å². The molecule has 2 amide bonds. The number of nitrogens with zero attached hydrogens (tertiary/aromatic N) is 2. The molecule has 1 saturated heterocycles. The standard InChI is InChI=1S/C26H21Cl2N3O4S/c1-35-25(34)17-7-10-19(11-8-17)31-23(32)14-22(24(31)33)30(15-16-5-3-2-4-6-16)26(36)29-18-9-12-20(27)21(28)13-18/h2-13,22H,14-15H2,1H3,(H,29,36). The van der Waals surface area contributed by atoms with Crippen molar-refractivity contribution in [2.45, 2.75) is 19.0 Å². The number of amides is 2. The molecule has 1 atom stereocenters. The molecule has 0 bridgehead atoms. The van der Waals surface area contributed by atoms with Gasteiger partial charge in [0.25, 0.3) is 5.91 Å². The maximum atomic E-state index is 13.5. The maximum absolute atomic E-state index is 13.5. The van der Waals surface area contributed by atoms with E-state index in [0.29, 0.717) is 33.5 Å². The molecule has 184 valence electrons. The van der Waals surface area contributed by atoms with Crippen LogP contribution in [0.4, 0.5) is 11.4 Å². The number of carbonyl (C=O) groups is 3. The topological polar surface area (TPSA) is 79.0 Å². The quantitative estimate of drug-likeness (QED) is 0.257. The number of hydrogen-bond acceptors (Lipinski definition) is 5. The first kappa shape index (κ1) is 25.6. The van der Waals surface area contributed by atoms with Crippen molar-refractivity contribution in [3.8, 4) is 0 Å². The van der Waals surface area contributed by atoms with E-state index in [4.69, 9.17) is 40.2 Å². The fourth-order valence-corrected chi connectivity index (χ4v) is 4.48. The van der Waals surface area contributed by atoms with Crippen molar-refractivity contribution in [2.75, 3.05) is 17.3 Å². The van der Waals surface area contributed by atoms with E-state index in [1.54, 1.807) is 23.1 Å². The Labute approximate surface area is 223 Å². The molecule has 0 radical (unpaired) electrons. The third-order valence-electron chi connectivity index (χ3n) is 5.67. The van der Waals surface area contributed by atoms with Crippen LogP contribution in [0.25, 0.3) is 0 Å². The van der Waals surface area contributed by atoms with E-state index in [-0.39, 0.29) is 17.4 Å². The summed E-state index contributed by atoms with van der Waals surface area (Å²) in [5.74, 6) is -1.29. The van der Waals surface area contributed by atoms with Crippen LogP contribution in [0.2, 0.25) is 10.0 Å². The van der Waals surface area contributed by atoms with Gasteiger partial charge < -0.3 is 15.0 Å². The molecule has 0 aliphatic carbocycles. The first-order chi connectivity index (χ1) is 17.3. The van der Waals surface area contributed by atoms with Crippen molar-refractivity contribution in [3.63, 3.8) is 0 Å². The molecule has 1 N–H and O–H groups in total. The zero-order valence-corrected chi connectivity index (χ0v) is 21.4. The van der Waals surface area contributed by atoms with Gasteiger partial charge in [-0.1, -0.05) is 53.5 Å². The number of halogens is 2. The van der Waals surface area contributed by atoms with Gasteiger partial charge in [-0.15, -0.1) is 0 Å². The molecule has 0 spiro atoms. The average molecular weight is 542 g/mol. The molecule has 7 nitrogen and oxygen atoms in total. The molecule has 1 heterocycles. The van der Waals surface area contributed by atoms with Crippen LogP contribution in [0.15, 0.2) is 72.8 Å². The second-order valence-electron chi connectivity index (χ2n) is 8.00. The number of thiocarbonyl (C=S) groups is 1. The number of anilines is 2. The highest BCUT2D eigenvalue weighted by Gasteiger charge is 2.43. The Hall–Kier alpha value is -3.46. The summed E-state index contributed by atoms with van der Waals surface area (Å²) in [5, 5.41) is 4.12. The van der Waals surface area contributed by atoms with Crippen LogP contribution in [-0.4, -0.2) is 40.9 Å². The molecule has 0 saturated carbocycles. The minimum atomic E-state index is -0.833. The van der Waals surface area contributed by atoms with Crippen molar-refractivity contribution in [2.24, 2.45) is 0 Å². The molecule has 3 aromatic rings. The Morgan fingerprint density at radius 1 is 1.06 bits per heavy atom. The van der Waals surface area contributed by atoms with Gasteiger partial charge in [0, 0.05) is 12.2 Å². The molecule has 10 heteroatoms. The van der Waals surface area contributed by atoms with Gasteiger partial charge in [0.05, 0.1) is 34.8 Å². The monoisotopic (exact) mass is 541 g/mol. The lowest BCUT2D eigenvalue weighted by molar-refractivity contribution is -0.122.